The van der Waals surface area contributed by atoms with Crippen LogP contribution in [0.2, 0.25) is 0 Å². The van der Waals surface area contributed by atoms with Gasteiger partial charge >= 0.3 is 0 Å². The Morgan fingerprint density at radius 2 is 1.40 bits per heavy atom. The fourth-order valence-corrected chi connectivity index (χ4v) is 7.88. The van der Waals surface area contributed by atoms with E-state index < -0.39 is 29.3 Å². The van der Waals surface area contributed by atoms with Crippen molar-refractivity contribution < 1.29 is 13.9 Å². The van der Waals surface area contributed by atoms with E-state index >= 15 is 0 Å². The van der Waals surface area contributed by atoms with Crippen molar-refractivity contribution in [2.45, 2.75) is 62.8 Å². The van der Waals surface area contributed by atoms with Crippen LogP contribution in [0.25, 0.3) is 0 Å². The van der Waals surface area contributed by atoms with E-state index in [1.807, 2.05) is 54.6 Å². The van der Waals surface area contributed by atoms with E-state index in [4.69, 9.17) is 10.2 Å². The van der Waals surface area contributed by atoms with Crippen LogP contribution in [0.3, 0.4) is 0 Å². The smallest absolute Gasteiger partial charge is 0.183 e. The number of aliphatic hydroxyl groups excluding tert-OH is 1. The summed E-state index contributed by atoms with van der Waals surface area (Å²) < 4.78 is 29.3. The predicted octanol–water partition coefficient (Wildman–Crippen LogP) is 8.77. The summed E-state index contributed by atoms with van der Waals surface area (Å²) in [6.07, 6.45) is 3.19. The Bertz CT molecular complexity index is 1980. The van der Waals surface area contributed by atoms with Gasteiger partial charge in [-0.3, -0.25) is 0 Å². The molecule has 9 heteroatoms. The number of nitrogens with one attached hydrogen (secondary N) is 2. The molecule has 0 amide bonds. The van der Waals surface area contributed by atoms with Gasteiger partial charge in [0.05, 0.1) is 12.1 Å². The largest absolute Gasteiger partial charge is 0.390 e. The van der Waals surface area contributed by atoms with E-state index in [0.29, 0.717) is 16.0 Å². The van der Waals surface area contributed by atoms with Crippen molar-refractivity contribution in [3.63, 3.8) is 0 Å². The van der Waals surface area contributed by atoms with Crippen LogP contribution in [0.1, 0.15) is 64.8 Å². The number of aryl methyl sites for hydroxylation is 2. The monoisotopic (exact) mass is 761 g/mol. The number of anilines is 1. The van der Waals surface area contributed by atoms with Crippen LogP contribution in [0.5, 0.6) is 0 Å². The van der Waals surface area contributed by atoms with Crippen molar-refractivity contribution in [3.8, 4) is 0 Å². The molecule has 52 heavy (non-hydrogen) atoms. The van der Waals surface area contributed by atoms with Crippen LogP contribution in [0, 0.1) is 11.6 Å². The highest BCUT2D eigenvalue weighted by Crippen LogP contribution is 2.41. The minimum Gasteiger partial charge on any atom is -0.390 e. The van der Waals surface area contributed by atoms with Gasteiger partial charge in [0.2, 0.25) is 0 Å². The zero-order valence-electron chi connectivity index (χ0n) is 29.0. The lowest BCUT2D eigenvalue weighted by molar-refractivity contribution is 0.143. The van der Waals surface area contributed by atoms with Gasteiger partial charge in [-0.1, -0.05) is 116 Å². The Balaban J connectivity index is 1.25. The van der Waals surface area contributed by atoms with Gasteiger partial charge in [0, 0.05) is 18.7 Å². The van der Waals surface area contributed by atoms with Crippen molar-refractivity contribution in [2.75, 3.05) is 11.9 Å². The number of nitrogens with zero attached hydrogens (tertiary/aromatic N) is 3. The highest BCUT2D eigenvalue weighted by molar-refractivity contribution is 9.10. The Labute approximate surface area is 312 Å². The van der Waals surface area contributed by atoms with Crippen molar-refractivity contribution in [2.24, 2.45) is 0 Å². The first kappa shape index (κ1) is 35.7. The summed E-state index contributed by atoms with van der Waals surface area (Å²) in [5.74, 6) is -0.946. The fraction of sp³-hybridized carbons (Fsp3) is 0.256. The quantitative estimate of drug-likeness (QED) is 0.103. The molecule has 0 saturated carbocycles. The molecule has 3 atom stereocenters. The molecule has 6 nitrogen and oxygen atoms in total. The van der Waals surface area contributed by atoms with Crippen molar-refractivity contribution in [3.05, 3.63) is 183 Å². The minimum absolute atomic E-state index is 0.0907. The number of aliphatic hydroxyl groups is 1. The minimum atomic E-state index is -0.959. The third kappa shape index (κ3) is 7.44. The molecule has 6 aromatic rings. The van der Waals surface area contributed by atoms with E-state index in [1.54, 1.807) is 4.80 Å². The first-order valence-corrected chi connectivity index (χ1v) is 18.7. The lowest BCUT2D eigenvalue weighted by atomic mass is 9.77. The Kier molecular flexibility index (Phi) is 10.9. The summed E-state index contributed by atoms with van der Waals surface area (Å²) in [5.41, 5.74) is 6.22. The molecule has 266 valence electrons. The molecule has 0 saturated heterocycles. The predicted molar refractivity (Wildman–Crippen MR) is 205 cm³/mol. The molecule has 3 N–H and O–H groups in total. The lowest BCUT2D eigenvalue weighted by Gasteiger charge is -2.34. The average Bonchev–Trinajstić information content (AvgIpc) is 3.53. The highest BCUT2D eigenvalue weighted by atomic mass is 79.9. The molecule has 0 radical (unpaired) electrons. The van der Waals surface area contributed by atoms with Crippen LogP contribution in [0.4, 0.5) is 14.6 Å². The van der Waals surface area contributed by atoms with Crippen molar-refractivity contribution >= 4 is 21.7 Å². The molecule has 5 aromatic carbocycles. The second kappa shape index (κ2) is 15.9. The van der Waals surface area contributed by atoms with Crippen LogP contribution in [-0.4, -0.2) is 38.8 Å². The van der Waals surface area contributed by atoms with Crippen LogP contribution >= 0.6 is 15.9 Å². The molecule has 1 heterocycles. The number of benzene rings is 5. The Morgan fingerprint density at radius 1 is 0.808 bits per heavy atom. The summed E-state index contributed by atoms with van der Waals surface area (Å²) in [6, 6.07) is 39.9. The van der Waals surface area contributed by atoms with Gasteiger partial charge in [-0.2, -0.15) is 4.80 Å². The summed E-state index contributed by atoms with van der Waals surface area (Å²) >= 11 is 3.67. The van der Waals surface area contributed by atoms with E-state index in [2.05, 4.69) is 88.1 Å². The van der Waals surface area contributed by atoms with Crippen LogP contribution in [0.15, 0.2) is 132 Å². The van der Waals surface area contributed by atoms with E-state index in [-0.39, 0.29) is 19.0 Å². The molecule has 1 aliphatic carbocycles. The van der Waals surface area contributed by atoms with Gasteiger partial charge in [0.25, 0.3) is 0 Å². The summed E-state index contributed by atoms with van der Waals surface area (Å²) in [5, 5.41) is 29.0. The number of fused-ring (bicyclic) bond motifs is 1. The molecule has 1 aliphatic rings. The molecular weight excluding hydrogens is 720 g/mol. The molecule has 1 aromatic heterocycles. The van der Waals surface area contributed by atoms with Gasteiger partial charge < -0.3 is 15.7 Å². The normalized spacial score (nSPS) is 15.5. The number of aromatic nitrogens is 3. The van der Waals surface area contributed by atoms with Gasteiger partial charge in [0.1, 0.15) is 11.6 Å². The molecule has 7 rings (SSSR count). The third-order valence-corrected chi connectivity index (χ3v) is 10.7. The van der Waals surface area contributed by atoms with Crippen LogP contribution in [-0.2, 0) is 24.8 Å². The average molecular weight is 763 g/mol. The van der Waals surface area contributed by atoms with Gasteiger partial charge in [-0.15, -0.1) is 10.2 Å². The maximum absolute atomic E-state index is 14.4. The second-order valence-electron chi connectivity index (χ2n) is 13.5. The molecule has 0 aliphatic heterocycles. The van der Waals surface area contributed by atoms with E-state index in [1.165, 1.54) is 28.8 Å². The number of hydrogen-bond acceptors (Lipinski definition) is 5. The zero-order chi connectivity index (χ0) is 36.1. The van der Waals surface area contributed by atoms with Crippen molar-refractivity contribution in [1.29, 1.82) is 0 Å². The van der Waals surface area contributed by atoms with Gasteiger partial charge in [-0.25, -0.2) is 8.78 Å². The molecule has 0 bridgehead atoms. The SMILES string of the molecule is CCc1ccc2c(c1)C(NCC(O)C(Cc1cc(F)cc(F)c1)Nc1nn(C(c3ccccc3)(c3ccccc3)c3ccccc3)nc1Br)CCC2. The summed E-state index contributed by atoms with van der Waals surface area (Å²) in [4.78, 5) is 1.70. The highest BCUT2D eigenvalue weighted by Gasteiger charge is 2.41. The number of rotatable bonds is 13. The zero-order valence-corrected chi connectivity index (χ0v) is 30.6. The standard InChI is InChI=1S/C43H42BrF2N5O/c1-2-29-21-22-31-13-12-20-38(37(31)25-29)47-28-40(52)39(26-30-23-35(45)27-36(46)24-30)48-42-41(44)49-51(50-42)43(32-14-6-3-7-15-32,33-16-8-4-9-17-33)34-18-10-5-11-19-34/h3-11,14-19,21-25,27,38-40,47,52H,2,12-13,20,26,28H2,1H3,(H,48,50). The summed E-state index contributed by atoms with van der Waals surface area (Å²) in [7, 11) is 0. The molecular formula is C43H42BrF2N5O. The second-order valence-corrected chi connectivity index (χ2v) is 14.2. The Hall–Kier alpha value is -4.70. The maximum Gasteiger partial charge on any atom is 0.183 e. The third-order valence-electron chi connectivity index (χ3n) is 10.1. The lowest BCUT2D eigenvalue weighted by Crippen LogP contribution is -2.44. The van der Waals surface area contributed by atoms with E-state index in [0.717, 1.165) is 48.4 Å². The van der Waals surface area contributed by atoms with E-state index in [9.17, 15) is 13.9 Å². The topological polar surface area (TPSA) is 75.0 Å². The number of hydrogen-bond donors (Lipinski definition) is 3. The summed E-state index contributed by atoms with van der Waals surface area (Å²) in [6.45, 7) is 2.41. The molecule has 3 unspecified atom stereocenters. The van der Waals surface area contributed by atoms with Crippen molar-refractivity contribution in [1.82, 2.24) is 20.3 Å². The van der Waals surface area contributed by atoms with Gasteiger partial charge in [0.15, 0.2) is 16.0 Å². The first-order chi connectivity index (χ1) is 25.3. The maximum atomic E-state index is 14.4. The van der Waals surface area contributed by atoms with Gasteiger partial charge in [-0.05, 0) is 99.1 Å². The number of halogens is 3. The first-order valence-electron chi connectivity index (χ1n) is 17.9. The Morgan fingerprint density at radius 3 is 1.98 bits per heavy atom. The molecule has 0 fully saturated rings. The molecule has 0 spiro atoms. The fourth-order valence-electron chi connectivity index (χ4n) is 7.54. The van der Waals surface area contributed by atoms with Crippen LogP contribution < -0.4 is 10.6 Å².